The third-order valence-corrected chi connectivity index (χ3v) is 4.40. The van der Waals surface area contributed by atoms with Crippen LogP contribution in [0, 0.1) is 6.92 Å². The number of nitrogens with one attached hydrogen (secondary N) is 2. The zero-order chi connectivity index (χ0) is 19.9. The van der Waals surface area contributed by atoms with Crippen molar-refractivity contribution in [3.05, 3.63) is 59.9 Å². The molecule has 1 aromatic heterocycles. The number of para-hydroxylation sites is 3. The number of benzene rings is 2. The Hall–Kier alpha value is -3.19. The first-order valence-corrected chi connectivity index (χ1v) is 9.13. The van der Waals surface area contributed by atoms with E-state index < -0.39 is 0 Å². The van der Waals surface area contributed by atoms with Gasteiger partial charge in [0.1, 0.15) is 19.0 Å². The van der Waals surface area contributed by atoms with Crippen LogP contribution >= 0.6 is 0 Å². The Bertz CT molecular complexity index is 981. The van der Waals surface area contributed by atoms with Crippen LogP contribution in [0.5, 0.6) is 0 Å². The number of fused-ring (bicyclic) bond motifs is 1. The number of carbonyl (C=O) groups excluding carboxylic acids is 2. The topological polar surface area (TPSA) is 85.2 Å². The van der Waals surface area contributed by atoms with Gasteiger partial charge in [-0.05, 0) is 30.7 Å². The van der Waals surface area contributed by atoms with E-state index in [2.05, 4.69) is 15.6 Å². The summed E-state index contributed by atoms with van der Waals surface area (Å²) in [6.45, 7) is 2.55. The van der Waals surface area contributed by atoms with Crippen molar-refractivity contribution in [2.45, 2.75) is 19.9 Å². The maximum atomic E-state index is 12.6. The molecule has 3 rings (SSSR count). The number of aromatic nitrogens is 2. The van der Waals surface area contributed by atoms with Crippen molar-refractivity contribution < 1.29 is 14.3 Å². The maximum Gasteiger partial charge on any atom is 0.245 e. The summed E-state index contributed by atoms with van der Waals surface area (Å²) in [7, 11) is 1.48. The van der Waals surface area contributed by atoms with Gasteiger partial charge in [-0.15, -0.1) is 0 Å². The predicted molar refractivity (Wildman–Crippen MR) is 108 cm³/mol. The van der Waals surface area contributed by atoms with E-state index in [9.17, 15) is 9.59 Å². The summed E-state index contributed by atoms with van der Waals surface area (Å²) in [4.78, 5) is 28.9. The molecular weight excluding hydrogens is 356 g/mol. The van der Waals surface area contributed by atoms with Crippen molar-refractivity contribution in [2.24, 2.45) is 0 Å². The minimum absolute atomic E-state index is 0.0231. The SMILES string of the molecule is COCC(=O)NCCc1nc2ccccc2n1CC(=O)Nc1ccccc1C. The molecule has 0 aliphatic rings. The van der Waals surface area contributed by atoms with Gasteiger partial charge in [0, 0.05) is 25.8 Å². The van der Waals surface area contributed by atoms with Gasteiger partial charge in [0.15, 0.2) is 0 Å². The molecule has 0 aliphatic heterocycles. The molecule has 146 valence electrons. The number of hydrogen-bond acceptors (Lipinski definition) is 4. The fourth-order valence-electron chi connectivity index (χ4n) is 3.04. The number of aryl methyl sites for hydroxylation is 1. The molecule has 0 spiro atoms. The number of nitrogens with zero attached hydrogens (tertiary/aromatic N) is 2. The first-order chi connectivity index (χ1) is 13.6. The molecule has 0 fully saturated rings. The molecule has 7 nitrogen and oxygen atoms in total. The van der Waals surface area contributed by atoms with Crippen LogP contribution in [0.15, 0.2) is 48.5 Å². The summed E-state index contributed by atoms with van der Waals surface area (Å²) in [6, 6.07) is 15.4. The van der Waals surface area contributed by atoms with E-state index in [-0.39, 0.29) is 25.0 Å². The number of anilines is 1. The Morgan fingerprint density at radius 2 is 1.82 bits per heavy atom. The number of imidazole rings is 1. The zero-order valence-corrected chi connectivity index (χ0v) is 16.1. The van der Waals surface area contributed by atoms with Gasteiger partial charge in [-0.25, -0.2) is 4.98 Å². The molecule has 0 atom stereocenters. The highest BCUT2D eigenvalue weighted by Gasteiger charge is 2.14. The number of rotatable bonds is 8. The van der Waals surface area contributed by atoms with Gasteiger partial charge in [0.2, 0.25) is 11.8 Å². The Morgan fingerprint density at radius 1 is 1.07 bits per heavy atom. The first kappa shape index (κ1) is 19.6. The highest BCUT2D eigenvalue weighted by Crippen LogP contribution is 2.18. The molecule has 2 N–H and O–H groups in total. The molecule has 0 unspecified atom stereocenters. The average Bonchev–Trinajstić information content (AvgIpc) is 3.01. The lowest BCUT2D eigenvalue weighted by molar-refractivity contribution is -0.124. The third kappa shape index (κ3) is 4.75. The van der Waals surface area contributed by atoms with Gasteiger partial charge in [0.25, 0.3) is 0 Å². The molecule has 1 heterocycles. The number of methoxy groups -OCH3 is 1. The molecule has 28 heavy (non-hydrogen) atoms. The smallest absolute Gasteiger partial charge is 0.245 e. The van der Waals surface area contributed by atoms with E-state index in [1.807, 2.05) is 60.0 Å². The molecule has 0 saturated heterocycles. The van der Waals surface area contributed by atoms with Crippen LogP contribution in [0.25, 0.3) is 11.0 Å². The minimum atomic E-state index is -0.178. The summed E-state index contributed by atoms with van der Waals surface area (Å²) in [6.07, 6.45) is 0.516. The zero-order valence-electron chi connectivity index (χ0n) is 16.1. The summed E-state index contributed by atoms with van der Waals surface area (Å²) < 4.78 is 6.71. The predicted octanol–water partition coefficient (Wildman–Crippen LogP) is 2.29. The van der Waals surface area contributed by atoms with Gasteiger partial charge in [-0.3, -0.25) is 9.59 Å². The van der Waals surface area contributed by atoms with Gasteiger partial charge in [0.05, 0.1) is 11.0 Å². The third-order valence-electron chi connectivity index (χ3n) is 4.40. The molecular formula is C21H24N4O3. The Labute approximate surface area is 163 Å². The summed E-state index contributed by atoms with van der Waals surface area (Å²) >= 11 is 0. The lowest BCUT2D eigenvalue weighted by atomic mass is 10.2. The van der Waals surface area contributed by atoms with E-state index in [4.69, 9.17) is 4.74 Å². The molecule has 3 aromatic rings. The normalized spacial score (nSPS) is 10.8. The quantitative estimate of drug-likeness (QED) is 0.628. The molecule has 0 radical (unpaired) electrons. The van der Waals surface area contributed by atoms with Gasteiger partial charge < -0.3 is 19.9 Å². The minimum Gasteiger partial charge on any atom is -0.375 e. The number of ether oxygens (including phenoxy) is 1. The second-order valence-corrected chi connectivity index (χ2v) is 6.50. The standard InChI is InChI=1S/C21H24N4O3/c1-15-7-3-4-8-16(15)24-20(26)13-25-18-10-6-5-9-17(18)23-19(25)11-12-22-21(27)14-28-2/h3-10H,11-14H2,1-2H3,(H,22,27)(H,24,26). The van der Waals surface area contributed by atoms with Crippen molar-refractivity contribution >= 4 is 28.5 Å². The van der Waals surface area contributed by atoms with Crippen LogP contribution in [-0.4, -0.2) is 41.6 Å². The van der Waals surface area contributed by atoms with Gasteiger partial charge in [-0.2, -0.15) is 0 Å². The van der Waals surface area contributed by atoms with Crippen molar-refractivity contribution in [1.29, 1.82) is 0 Å². The summed E-state index contributed by atoms with van der Waals surface area (Å²) in [5.41, 5.74) is 3.52. The largest absolute Gasteiger partial charge is 0.375 e. The van der Waals surface area contributed by atoms with Crippen LogP contribution in [-0.2, 0) is 27.3 Å². The van der Waals surface area contributed by atoms with Crippen molar-refractivity contribution in [3.8, 4) is 0 Å². The van der Waals surface area contributed by atoms with Gasteiger partial charge in [-0.1, -0.05) is 30.3 Å². The Balaban J connectivity index is 1.76. The molecule has 2 aromatic carbocycles. The average molecular weight is 380 g/mol. The molecule has 0 aliphatic carbocycles. The van der Waals surface area contributed by atoms with E-state index in [0.717, 1.165) is 28.1 Å². The Kier molecular flexibility index (Phi) is 6.39. The van der Waals surface area contributed by atoms with E-state index >= 15 is 0 Å². The van der Waals surface area contributed by atoms with E-state index in [1.54, 1.807) is 0 Å². The molecule has 7 heteroatoms. The van der Waals surface area contributed by atoms with Crippen LogP contribution in [0.2, 0.25) is 0 Å². The Morgan fingerprint density at radius 3 is 2.61 bits per heavy atom. The number of amides is 2. The van der Waals surface area contributed by atoms with Crippen molar-refractivity contribution in [1.82, 2.24) is 14.9 Å². The van der Waals surface area contributed by atoms with Crippen LogP contribution < -0.4 is 10.6 Å². The lowest BCUT2D eigenvalue weighted by Gasteiger charge is -2.12. The van der Waals surface area contributed by atoms with Gasteiger partial charge >= 0.3 is 0 Å². The second kappa shape index (κ2) is 9.14. The second-order valence-electron chi connectivity index (χ2n) is 6.50. The van der Waals surface area contributed by atoms with Crippen molar-refractivity contribution in [3.63, 3.8) is 0 Å². The van der Waals surface area contributed by atoms with E-state index in [0.29, 0.717) is 13.0 Å². The fourth-order valence-corrected chi connectivity index (χ4v) is 3.04. The first-order valence-electron chi connectivity index (χ1n) is 9.13. The van der Waals surface area contributed by atoms with Crippen LogP contribution in [0.1, 0.15) is 11.4 Å². The summed E-state index contributed by atoms with van der Waals surface area (Å²) in [5, 5.41) is 5.74. The molecule has 2 amide bonds. The van der Waals surface area contributed by atoms with Crippen molar-refractivity contribution in [2.75, 3.05) is 25.6 Å². The van der Waals surface area contributed by atoms with Crippen LogP contribution in [0.3, 0.4) is 0 Å². The van der Waals surface area contributed by atoms with Crippen LogP contribution in [0.4, 0.5) is 5.69 Å². The van der Waals surface area contributed by atoms with E-state index in [1.165, 1.54) is 7.11 Å². The molecule has 0 saturated carbocycles. The highest BCUT2D eigenvalue weighted by molar-refractivity contribution is 5.92. The lowest BCUT2D eigenvalue weighted by Crippen LogP contribution is -2.30. The maximum absolute atomic E-state index is 12.6. The number of carbonyl (C=O) groups is 2. The highest BCUT2D eigenvalue weighted by atomic mass is 16.5. The fraction of sp³-hybridized carbons (Fsp3) is 0.286. The number of hydrogen-bond donors (Lipinski definition) is 2. The monoisotopic (exact) mass is 380 g/mol. The molecule has 0 bridgehead atoms. The summed E-state index contributed by atoms with van der Waals surface area (Å²) in [5.74, 6) is 0.448.